The van der Waals surface area contributed by atoms with Crippen LogP contribution in [0.15, 0.2) is 40.4 Å². The highest BCUT2D eigenvalue weighted by molar-refractivity contribution is 9.10. The molecule has 2 N–H and O–H groups in total. The Morgan fingerprint density at radius 2 is 1.84 bits per heavy atom. The van der Waals surface area contributed by atoms with Crippen LogP contribution in [0.3, 0.4) is 0 Å². The number of aliphatic hydroxyl groups excluding tert-OH is 1. The molecule has 9 nitrogen and oxygen atoms in total. The zero-order valence-corrected chi connectivity index (χ0v) is 22.7. The fourth-order valence-electron chi connectivity index (χ4n) is 4.72. The summed E-state index contributed by atoms with van der Waals surface area (Å²) in [4.78, 5) is 30.3. The van der Waals surface area contributed by atoms with Crippen molar-refractivity contribution in [2.75, 3.05) is 46.5 Å². The number of benzene rings is 2. The normalized spacial score (nSPS) is 18.5. The van der Waals surface area contributed by atoms with Gasteiger partial charge in [-0.25, -0.2) is 0 Å². The second-order valence-corrected chi connectivity index (χ2v) is 9.64. The number of hydrogen-bond acceptors (Lipinski definition) is 8. The van der Waals surface area contributed by atoms with Crippen molar-refractivity contribution >= 4 is 33.4 Å². The van der Waals surface area contributed by atoms with Crippen molar-refractivity contribution < 1.29 is 34.0 Å². The zero-order valence-electron chi connectivity index (χ0n) is 21.1. The monoisotopic (exact) mass is 574 g/mol. The molecule has 0 unspecified atom stereocenters. The third-order valence-electron chi connectivity index (χ3n) is 6.71. The number of carbonyl (C=O) groups is 2. The number of fused-ring (bicyclic) bond motifs is 1. The van der Waals surface area contributed by atoms with Gasteiger partial charge in [-0.2, -0.15) is 0 Å². The summed E-state index contributed by atoms with van der Waals surface area (Å²) >= 11 is 3.33. The molecule has 1 amide bonds. The lowest BCUT2D eigenvalue weighted by molar-refractivity contribution is -0.140. The first kappa shape index (κ1) is 26.8. The summed E-state index contributed by atoms with van der Waals surface area (Å²) in [5.41, 5.74) is 0.812. The highest BCUT2D eigenvalue weighted by Crippen LogP contribution is 2.45. The number of likely N-dealkylation sites (tertiary alicyclic amines) is 1. The Balaban J connectivity index is 1.80. The van der Waals surface area contributed by atoms with Crippen molar-refractivity contribution in [3.8, 4) is 23.0 Å². The molecular formula is C27H31BrN2O7. The van der Waals surface area contributed by atoms with Gasteiger partial charge in [0.1, 0.15) is 19.0 Å². The lowest BCUT2D eigenvalue weighted by Crippen LogP contribution is -2.33. The molecule has 0 bridgehead atoms. The highest BCUT2D eigenvalue weighted by Gasteiger charge is 2.46. The Labute approximate surface area is 224 Å². The molecule has 2 aliphatic heterocycles. The number of phenolic OH excluding ortho intramolecular Hbond substituents is 1. The van der Waals surface area contributed by atoms with Gasteiger partial charge in [0.05, 0.1) is 23.2 Å². The number of carbonyl (C=O) groups excluding carboxylic acids is 2. The number of nitrogens with zero attached hydrogens (tertiary/aromatic N) is 2. The van der Waals surface area contributed by atoms with Crippen molar-refractivity contribution in [2.45, 2.75) is 26.3 Å². The highest BCUT2D eigenvalue weighted by atomic mass is 79.9. The average molecular weight is 575 g/mol. The number of aliphatic hydroxyl groups is 1. The van der Waals surface area contributed by atoms with E-state index < -0.39 is 17.7 Å². The predicted molar refractivity (Wildman–Crippen MR) is 141 cm³/mol. The lowest BCUT2D eigenvalue weighted by Gasteiger charge is -2.27. The first-order chi connectivity index (χ1) is 17.8. The van der Waals surface area contributed by atoms with E-state index in [0.29, 0.717) is 53.3 Å². The Kier molecular flexibility index (Phi) is 8.29. The summed E-state index contributed by atoms with van der Waals surface area (Å²) in [5.74, 6) is -0.698. The largest absolute Gasteiger partial charge is 0.507 e. The van der Waals surface area contributed by atoms with Crippen LogP contribution in [0, 0.1) is 0 Å². The number of rotatable bonds is 9. The molecule has 1 saturated heterocycles. The van der Waals surface area contributed by atoms with Gasteiger partial charge in [0.15, 0.2) is 23.0 Å². The molecule has 1 fully saturated rings. The zero-order chi connectivity index (χ0) is 26.7. The Morgan fingerprint density at radius 3 is 2.51 bits per heavy atom. The van der Waals surface area contributed by atoms with Gasteiger partial charge in [0.2, 0.25) is 0 Å². The maximum atomic E-state index is 13.4. The van der Waals surface area contributed by atoms with E-state index in [2.05, 4.69) is 34.7 Å². The lowest BCUT2D eigenvalue weighted by atomic mass is 9.94. The number of phenols is 1. The van der Waals surface area contributed by atoms with Crippen LogP contribution in [0.4, 0.5) is 0 Å². The SMILES string of the molecule is CCN(CC)CCCN1C(=O)C(=O)C(=C(O)c2ccc3c(c2)OCCO3)[C@@H]1c1cc(Br)c(O)c(OC)c1. The summed E-state index contributed by atoms with van der Waals surface area (Å²) in [6.45, 7) is 7.77. The Hall–Kier alpha value is -3.24. The molecule has 1 atom stereocenters. The minimum atomic E-state index is -0.879. The number of halogens is 1. The van der Waals surface area contributed by atoms with Crippen molar-refractivity contribution in [3.05, 3.63) is 51.5 Å². The van der Waals surface area contributed by atoms with Gasteiger partial charge in [0.25, 0.3) is 11.7 Å². The number of aromatic hydroxyl groups is 1. The van der Waals surface area contributed by atoms with Gasteiger partial charge in [-0.15, -0.1) is 0 Å². The van der Waals surface area contributed by atoms with Crippen LogP contribution >= 0.6 is 15.9 Å². The molecule has 2 heterocycles. The van der Waals surface area contributed by atoms with E-state index in [4.69, 9.17) is 14.2 Å². The van der Waals surface area contributed by atoms with E-state index in [1.54, 1.807) is 30.3 Å². The first-order valence-electron chi connectivity index (χ1n) is 12.3. The summed E-state index contributed by atoms with van der Waals surface area (Å²) < 4.78 is 16.9. The Morgan fingerprint density at radius 1 is 1.14 bits per heavy atom. The van der Waals surface area contributed by atoms with Crippen LogP contribution in [0.2, 0.25) is 0 Å². The number of hydrogen-bond donors (Lipinski definition) is 2. The maximum absolute atomic E-state index is 13.4. The second kappa shape index (κ2) is 11.4. The van der Waals surface area contributed by atoms with E-state index in [0.717, 1.165) is 19.6 Å². The first-order valence-corrected chi connectivity index (χ1v) is 13.1. The number of ketones is 1. The van der Waals surface area contributed by atoms with E-state index in [-0.39, 0.29) is 22.8 Å². The summed E-state index contributed by atoms with van der Waals surface area (Å²) in [6, 6.07) is 7.21. The molecule has 0 saturated carbocycles. The van der Waals surface area contributed by atoms with Crippen LogP contribution < -0.4 is 14.2 Å². The summed E-state index contributed by atoms with van der Waals surface area (Å²) in [5, 5.41) is 21.7. The molecule has 0 aromatic heterocycles. The van der Waals surface area contributed by atoms with Crippen LogP contribution in [-0.2, 0) is 9.59 Å². The van der Waals surface area contributed by atoms with Crippen molar-refractivity contribution in [1.29, 1.82) is 0 Å². The van der Waals surface area contributed by atoms with Gasteiger partial charge < -0.3 is 34.2 Å². The number of methoxy groups -OCH3 is 1. The number of Topliss-reactive ketones (excluding diaryl/α,β-unsaturated/α-hetero) is 1. The van der Waals surface area contributed by atoms with Crippen LogP contribution in [0.5, 0.6) is 23.0 Å². The van der Waals surface area contributed by atoms with E-state index in [9.17, 15) is 19.8 Å². The smallest absolute Gasteiger partial charge is 0.295 e. The van der Waals surface area contributed by atoms with Crippen molar-refractivity contribution in [3.63, 3.8) is 0 Å². The average Bonchev–Trinajstić information content (AvgIpc) is 3.16. The fourth-order valence-corrected chi connectivity index (χ4v) is 5.17. The van der Waals surface area contributed by atoms with E-state index >= 15 is 0 Å². The number of ether oxygens (including phenoxy) is 3. The number of amides is 1. The topological polar surface area (TPSA) is 109 Å². The van der Waals surface area contributed by atoms with Gasteiger partial charge in [0, 0.05) is 12.1 Å². The van der Waals surface area contributed by atoms with E-state index in [1.807, 2.05) is 0 Å². The Bertz CT molecular complexity index is 1230. The molecule has 0 spiro atoms. The van der Waals surface area contributed by atoms with Crippen molar-refractivity contribution in [1.82, 2.24) is 9.80 Å². The van der Waals surface area contributed by atoms with Gasteiger partial charge in [-0.05, 0) is 77.9 Å². The van der Waals surface area contributed by atoms with E-state index in [1.165, 1.54) is 12.0 Å². The molecular weight excluding hydrogens is 544 g/mol. The van der Waals surface area contributed by atoms with Crippen molar-refractivity contribution in [2.24, 2.45) is 0 Å². The molecule has 0 radical (unpaired) electrons. The van der Waals surface area contributed by atoms with Gasteiger partial charge >= 0.3 is 0 Å². The molecule has 4 rings (SSSR count). The minimum absolute atomic E-state index is 0.0378. The molecule has 198 valence electrons. The standard InChI is InChI=1S/C27H31BrN2O7/c1-4-29(5-2)9-6-10-30-23(17-13-18(28)25(32)21(15-17)35-3)22(26(33)27(30)34)24(31)16-7-8-19-20(14-16)37-12-11-36-19/h7-8,13-15,23,31-32H,4-6,9-12H2,1-3H3/t23-/m0/s1. The van der Waals surface area contributed by atoms with Crippen LogP contribution in [0.1, 0.15) is 37.4 Å². The predicted octanol–water partition coefficient (Wildman–Crippen LogP) is 4.09. The summed E-state index contributed by atoms with van der Waals surface area (Å²) in [6.07, 6.45) is 0.644. The molecule has 2 aromatic rings. The molecule has 10 heteroatoms. The fraction of sp³-hybridized carbons (Fsp3) is 0.407. The third kappa shape index (κ3) is 5.26. The minimum Gasteiger partial charge on any atom is -0.507 e. The molecule has 2 aromatic carbocycles. The maximum Gasteiger partial charge on any atom is 0.295 e. The molecule has 0 aliphatic carbocycles. The van der Waals surface area contributed by atoms with Gasteiger partial charge in [-0.1, -0.05) is 13.8 Å². The van der Waals surface area contributed by atoms with Crippen LogP contribution in [-0.4, -0.2) is 78.2 Å². The quantitative estimate of drug-likeness (QED) is 0.262. The van der Waals surface area contributed by atoms with Gasteiger partial charge in [-0.3, -0.25) is 9.59 Å². The molecule has 2 aliphatic rings. The van der Waals surface area contributed by atoms with Crippen LogP contribution in [0.25, 0.3) is 5.76 Å². The summed E-state index contributed by atoms with van der Waals surface area (Å²) in [7, 11) is 1.42. The molecule has 37 heavy (non-hydrogen) atoms. The second-order valence-electron chi connectivity index (χ2n) is 8.78. The third-order valence-corrected chi connectivity index (χ3v) is 7.31.